The van der Waals surface area contributed by atoms with Gasteiger partial charge < -0.3 is 14.7 Å². The van der Waals surface area contributed by atoms with E-state index in [1.54, 1.807) is 0 Å². The van der Waals surface area contributed by atoms with Crippen LogP contribution in [-0.4, -0.2) is 19.1 Å². The second-order valence-corrected chi connectivity index (χ2v) is 3.14. The molecule has 2 aromatic rings. The second-order valence-electron chi connectivity index (χ2n) is 3.14. The van der Waals surface area contributed by atoms with E-state index in [0.29, 0.717) is 0 Å². The molecule has 0 aliphatic rings. The molecule has 0 atom stereocenters. The molecule has 0 radical (unpaired) electrons. The molecule has 0 saturated carbocycles. The topological polar surface area (TPSA) is 56.9 Å². The Bertz CT molecular complexity index is 906. The molecule has 5 nitrogen and oxygen atoms in total. The lowest BCUT2D eigenvalue weighted by Crippen LogP contribution is -1.91. The lowest BCUT2D eigenvalue weighted by atomic mass is 10.3. The molecule has 0 bridgehead atoms. The minimum atomic E-state index is -0.751. The highest BCUT2D eigenvalue weighted by Gasteiger charge is 2.04. The van der Waals surface area contributed by atoms with Crippen molar-refractivity contribution in [2.24, 2.45) is 5.11 Å². The van der Waals surface area contributed by atoms with Crippen LogP contribution in [0.2, 0.25) is 0 Å². The van der Waals surface area contributed by atoms with Gasteiger partial charge in [0.25, 0.3) is 0 Å². The second kappa shape index (κ2) is 5.86. The van der Waals surface area contributed by atoms with E-state index in [-0.39, 0.29) is 16.4 Å². The summed E-state index contributed by atoms with van der Waals surface area (Å²) in [5.74, 6) is -0.675. The number of rotatable bonds is 4. The Kier molecular flexibility index (Phi) is 1.87. The van der Waals surface area contributed by atoms with Crippen LogP contribution in [0.4, 0.5) is 11.4 Å². The fourth-order valence-corrected chi connectivity index (χ4v) is 1.08. The molecule has 0 fully saturated rings. The van der Waals surface area contributed by atoms with E-state index in [9.17, 15) is 5.21 Å². The molecule has 0 aliphatic carbocycles. The maximum Gasteiger partial charge on any atom is 0.245 e. The fraction of sp³-hybridized carbons (Fsp3) is 0.143. The Morgan fingerprint density at radius 3 is 1.89 bits per heavy atom. The zero-order chi connectivity index (χ0) is 20.6. The van der Waals surface area contributed by atoms with Crippen LogP contribution in [0.5, 0.6) is 11.5 Å². The first-order chi connectivity index (χ1) is 12.6. The summed E-state index contributed by atoms with van der Waals surface area (Å²) in [5.41, 5.74) is -1.38. The lowest BCUT2D eigenvalue weighted by Gasteiger charge is -2.02. The molecule has 0 unspecified atom stereocenters. The summed E-state index contributed by atoms with van der Waals surface area (Å²) in [6, 6.07) is -5.07. The minimum absolute atomic E-state index is 0.267. The third-order valence-corrected chi connectivity index (χ3v) is 1.97. The molecule has 98 valence electrons. The molecule has 0 saturated heterocycles. The Morgan fingerprint density at radius 2 is 1.42 bits per heavy atom. The van der Waals surface area contributed by atoms with Gasteiger partial charge in [-0.25, -0.2) is 0 Å². The average molecular weight is 266 g/mol. The number of ether oxygens (including phenoxy) is 2. The number of methoxy groups -OCH3 is 2. The van der Waals surface area contributed by atoms with E-state index < -0.39 is 59.7 Å². The van der Waals surface area contributed by atoms with Gasteiger partial charge in [-0.05, 0) is 36.3 Å². The summed E-state index contributed by atoms with van der Waals surface area (Å²) < 4.78 is 72.2. The number of nitrogens with zero attached hydrogens (tertiary/aromatic N) is 2. The largest absolute Gasteiger partial charge is 0.594 e. The van der Waals surface area contributed by atoms with E-state index in [2.05, 4.69) is 5.11 Å². The third kappa shape index (κ3) is 3.22. The van der Waals surface area contributed by atoms with Crippen LogP contribution in [0, 0.1) is 5.21 Å². The van der Waals surface area contributed by atoms with Gasteiger partial charge in [0.05, 0.1) is 25.2 Å². The van der Waals surface area contributed by atoms with Crippen molar-refractivity contribution in [3.63, 3.8) is 0 Å². The van der Waals surface area contributed by atoms with Crippen LogP contribution in [-0.2, 0) is 0 Å². The number of hydrogen-bond donors (Lipinski definition) is 0. The predicted molar refractivity (Wildman–Crippen MR) is 71.4 cm³/mol. The normalized spacial score (nSPS) is 17.1. The molecule has 0 aliphatic heterocycles. The van der Waals surface area contributed by atoms with Gasteiger partial charge in [0, 0.05) is 17.2 Å². The molecule has 19 heavy (non-hydrogen) atoms. The Morgan fingerprint density at radius 1 is 0.947 bits per heavy atom. The highest BCUT2D eigenvalue weighted by Crippen LogP contribution is 2.22. The molecule has 5 heteroatoms. The zero-order valence-corrected chi connectivity index (χ0v) is 10.1. The van der Waals surface area contributed by atoms with Crippen molar-refractivity contribution < 1.29 is 25.3 Å². The van der Waals surface area contributed by atoms with Gasteiger partial charge in [-0.15, -0.1) is 0 Å². The third-order valence-electron chi connectivity index (χ3n) is 1.97. The maximum absolute atomic E-state index is 12.4. The van der Waals surface area contributed by atoms with Gasteiger partial charge in [-0.1, -0.05) is 4.86 Å². The van der Waals surface area contributed by atoms with Crippen LogP contribution >= 0.6 is 0 Å². The molecule has 0 aromatic heterocycles. The van der Waals surface area contributed by atoms with Gasteiger partial charge in [-0.2, -0.15) is 0 Å². The van der Waals surface area contributed by atoms with Crippen molar-refractivity contribution in [2.45, 2.75) is 0 Å². The Labute approximate surface area is 122 Å². The summed E-state index contributed by atoms with van der Waals surface area (Å²) in [5, 5.41) is 15.9. The molecule has 0 N–H and O–H groups in total. The first kappa shape index (κ1) is 6.06. The summed E-state index contributed by atoms with van der Waals surface area (Å²) in [7, 11) is 2.33. The first-order valence-corrected chi connectivity index (χ1v) is 5.05. The van der Waals surface area contributed by atoms with E-state index >= 15 is 0 Å². The van der Waals surface area contributed by atoms with Crippen LogP contribution in [0.1, 0.15) is 11.0 Å². The molecule has 2 aromatic carbocycles. The monoisotopic (exact) mass is 266 g/mol. The quantitative estimate of drug-likeness (QED) is 0.482. The lowest BCUT2D eigenvalue weighted by molar-refractivity contribution is -0.435. The van der Waals surface area contributed by atoms with Crippen molar-refractivity contribution in [1.29, 1.82) is 0 Å². The van der Waals surface area contributed by atoms with Crippen molar-refractivity contribution in [2.75, 3.05) is 14.2 Å². The van der Waals surface area contributed by atoms with Gasteiger partial charge in [0.1, 0.15) is 17.2 Å². The minimum Gasteiger partial charge on any atom is -0.594 e. The summed E-state index contributed by atoms with van der Waals surface area (Å²) in [6.45, 7) is 0. The van der Waals surface area contributed by atoms with Crippen LogP contribution < -0.4 is 9.47 Å². The van der Waals surface area contributed by atoms with Crippen molar-refractivity contribution in [3.8, 4) is 11.5 Å². The van der Waals surface area contributed by atoms with Gasteiger partial charge in [-0.3, -0.25) is 0 Å². The van der Waals surface area contributed by atoms with E-state index in [1.165, 1.54) is 7.11 Å². The summed E-state index contributed by atoms with van der Waals surface area (Å²) in [6.07, 6.45) is 0. The Hall–Kier alpha value is -2.56. The van der Waals surface area contributed by atoms with E-state index in [4.69, 9.17) is 20.4 Å². The van der Waals surface area contributed by atoms with Crippen LogP contribution in [0.25, 0.3) is 0 Å². The summed E-state index contributed by atoms with van der Waals surface area (Å²) >= 11 is 0. The Balaban J connectivity index is 2.78. The molecule has 0 amide bonds. The van der Waals surface area contributed by atoms with Gasteiger partial charge in [0.15, 0.2) is 0 Å². The number of hydrogen-bond acceptors (Lipinski definition) is 4. The summed E-state index contributed by atoms with van der Waals surface area (Å²) in [4.78, 5) is -0.267. The van der Waals surface area contributed by atoms with Gasteiger partial charge in [0.2, 0.25) is 5.69 Å². The highest BCUT2D eigenvalue weighted by molar-refractivity contribution is 5.41. The molecule has 0 heterocycles. The van der Waals surface area contributed by atoms with Crippen LogP contribution in [0.15, 0.2) is 53.5 Å². The average Bonchev–Trinajstić information content (AvgIpc) is 2.63. The van der Waals surface area contributed by atoms with Crippen molar-refractivity contribution in [1.82, 2.24) is 0 Å². The van der Waals surface area contributed by atoms with Crippen molar-refractivity contribution in [3.05, 3.63) is 53.5 Å². The highest BCUT2D eigenvalue weighted by atomic mass is 16.5. The standard InChI is InChI=1S/C14H14N2O3/c1-18-13-7-3-11(4-8-13)15-16(17)12-5-9-14(19-2)10-6-12/h3-10H,1-2H3/i3D,4D,5D,6D,7D,8D,9D,10D. The number of azo groups is 1. The van der Waals surface area contributed by atoms with Crippen LogP contribution in [0.3, 0.4) is 0 Å². The first-order valence-electron chi connectivity index (χ1n) is 9.05. The van der Waals surface area contributed by atoms with Gasteiger partial charge >= 0.3 is 0 Å². The number of benzene rings is 2. The maximum atomic E-state index is 12.4. The molecule has 0 spiro atoms. The molecular formula is C14H14N2O3. The molecular weight excluding hydrogens is 244 g/mol. The molecule has 2 rings (SSSR count). The predicted octanol–water partition coefficient (Wildman–Crippen LogP) is 3.63. The van der Waals surface area contributed by atoms with E-state index in [0.717, 1.165) is 7.11 Å². The van der Waals surface area contributed by atoms with E-state index in [1.807, 2.05) is 0 Å². The zero-order valence-electron chi connectivity index (χ0n) is 18.1. The SMILES string of the molecule is [2H]c1c([2H])c(OC)c([2H])c([2H])c1N=[N+]([O-])c1c([2H])c([2H])c(OC)c([2H])c1[2H]. The van der Waals surface area contributed by atoms with Crippen molar-refractivity contribution >= 4 is 11.4 Å². The smallest absolute Gasteiger partial charge is 0.245 e. The fourth-order valence-electron chi connectivity index (χ4n) is 1.08.